The molecule has 0 aliphatic rings. The third-order valence-electron chi connectivity index (χ3n) is 1.78. The van der Waals surface area contributed by atoms with Crippen LogP contribution < -0.4 is 5.19 Å². The van der Waals surface area contributed by atoms with Gasteiger partial charge in [0.15, 0.2) is 0 Å². The van der Waals surface area contributed by atoms with Crippen LogP contribution in [0.4, 0.5) is 0 Å². The zero-order valence-corrected chi connectivity index (χ0v) is 9.27. The van der Waals surface area contributed by atoms with Crippen molar-refractivity contribution in [3.63, 3.8) is 0 Å². The summed E-state index contributed by atoms with van der Waals surface area (Å²) in [7, 11) is -0.570. The fourth-order valence-corrected chi connectivity index (χ4v) is 2.36. The van der Waals surface area contributed by atoms with Crippen LogP contribution >= 0.6 is 11.8 Å². The van der Waals surface area contributed by atoms with Crippen molar-refractivity contribution in [2.75, 3.05) is 6.26 Å². The van der Waals surface area contributed by atoms with E-state index in [-0.39, 0.29) is 0 Å². The molecule has 0 nitrogen and oxygen atoms in total. The molecule has 0 aromatic heterocycles. The van der Waals surface area contributed by atoms with E-state index in [4.69, 9.17) is 0 Å². The molecular weight excluding hydrogens is 168 g/mol. The van der Waals surface area contributed by atoms with Gasteiger partial charge in [-0.1, -0.05) is 30.4 Å². The Kier molecular flexibility index (Phi) is 3.21. The summed E-state index contributed by atoms with van der Waals surface area (Å²) in [5.41, 5.74) is 0. The minimum atomic E-state index is -0.570. The fraction of sp³-hybridized carbons (Fsp3) is 0.333. The van der Waals surface area contributed by atoms with Gasteiger partial charge in [0.2, 0.25) is 0 Å². The molecule has 60 valence electrons. The monoisotopic (exact) mass is 182 g/mol. The molecule has 0 spiro atoms. The number of thioether (sulfide) groups is 1. The second-order valence-corrected chi connectivity index (χ2v) is 6.78. The number of hydrogen-bond acceptors (Lipinski definition) is 1. The molecule has 0 saturated heterocycles. The van der Waals surface area contributed by atoms with Gasteiger partial charge in [-0.05, 0) is 18.4 Å². The molecule has 1 aromatic carbocycles. The Morgan fingerprint density at radius 2 is 1.64 bits per heavy atom. The summed E-state index contributed by atoms with van der Waals surface area (Å²) in [5.74, 6) is 0. The molecule has 0 N–H and O–H groups in total. The second-order valence-electron chi connectivity index (χ2n) is 2.93. The molecule has 1 aromatic rings. The highest BCUT2D eigenvalue weighted by molar-refractivity contribution is 7.98. The molecule has 0 unspecified atom stereocenters. The molecule has 0 saturated carbocycles. The lowest BCUT2D eigenvalue weighted by atomic mass is 10.4. The molecule has 0 bridgehead atoms. The molecule has 0 radical (unpaired) electrons. The van der Waals surface area contributed by atoms with Crippen molar-refractivity contribution in [1.82, 2.24) is 0 Å². The van der Waals surface area contributed by atoms with E-state index in [2.05, 4.69) is 43.6 Å². The maximum absolute atomic E-state index is 2.36. The summed E-state index contributed by atoms with van der Waals surface area (Å²) in [5, 5.41) is 1.56. The Bertz CT molecular complexity index is 216. The molecule has 0 aliphatic heterocycles. The van der Waals surface area contributed by atoms with E-state index in [0.29, 0.717) is 0 Å². The topological polar surface area (TPSA) is 0 Å². The first-order valence-electron chi connectivity index (χ1n) is 3.88. The van der Waals surface area contributed by atoms with Crippen LogP contribution in [0, 0.1) is 0 Å². The van der Waals surface area contributed by atoms with Crippen molar-refractivity contribution in [3.05, 3.63) is 24.3 Å². The van der Waals surface area contributed by atoms with Gasteiger partial charge >= 0.3 is 0 Å². The largest absolute Gasteiger partial charge is 0.130 e. The molecular formula is C9H14SSi. The van der Waals surface area contributed by atoms with Gasteiger partial charge in [-0.15, -0.1) is 11.8 Å². The highest BCUT2D eigenvalue weighted by atomic mass is 32.2. The minimum Gasteiger partial charge on any atom is -0.130 e. The number of hydrogen-bond donors (Lipinski definition) is 0. The zero-order chi connectivity index (χ0) is 8.27. The molecule has 0 amide bonds. The molecule has 2 heteroatoms. The van der Waals surface area contributed by atoms with Crippen molar-refractivity contribution in [1.29, 1.82) is 0 Å². The molecule has 0 fully saturated rings. The van der Waals surface area contributed by atoms with Gasteiger partial charge in [0.25, 0.3) is 0 Å². The van der Waals surface area contributed by atoms with E-state index in [1.807, 2.05) is 0 Å². The van der Waals surface area contributed by atoms with Crippen LogP contribution in [0.25, 0.3) is 0 Å². The fourth-order valence-electron chi connectivity index (χ4n) is 0.989. The summed E-state index contributed by atoms with van der Waals surface area (Å²) in [6.07, 6.45) is 2.11. The van der Waals surface area contributed by atoms with E-state index in [1.54, 1.807) is 16.9 Å². The average molecular weight is 182 g/mol. The average Bonchev–Trinajstić information content (AvgIpc) is 2.05. The minimum absolute atomic E-state index is 0.570. The highest BCUT2D eigenvalue weighted by Gasteiger charge is 1.98. The van der Waals surface area contributed by atoms with Crippen LogP contribution in [0.1, 0.15) is 0 Å². The van der Waals surface area contributed by atoms with Crippen molar-refractivity contribution < 1.29 is 0 Å². The lowest BCUT2D eigenvalue weighted by molar-refractivity contribution is 1.49. The van der Waals surface area contributed by atoms with Crippen LogP contribution in [0.2, 0.25) is 13.1 Å². The van der Waals surface area contributed by atoms with Crippen molar-refractivity contribution in [2.45, 2.75) is 18.0 Å². The molecule has 1 rings (SSSR count). The summed E-state index contributed by atoms with van der Waals surface area (Å²) >= 11 is 1.80. The first kappa shape index (κ1) is 8.88. The van der Waals surface area contributed by atoms with Crippen LogP contribution in [-0.4, -0.2) is 15.1 Å². The Hall–Kier alpha value is -0.213. The van der Waals surface area contributed by atoms with Crippen molar-refractivity contribution in [2.24, 2.45) is 0 Å². The summed E-state index contributed by atoms with van der Waals surface area (Å²) < 4.78 is 0. The van der Waals surface area contributed by atoms with Gasteiger partial charge in [0, 0.05) is 4.90 Å². The smallest absolute Gasteiger partial charge is 0.0647 e. The quantitative estimate of drug-likeness (QED) is 0.498. The summed E-state index contributed by atoms with van der Waals surface area (Å²) in [6.45, 7) is 4.71. The maximum atomic E-state index is 2.36. The predicted octanol–water partition coefficient (Wildman–Crippen LogP) is 2.10. The van der Waals surface area contributed by atoms with Crippen LogP contribution in [0.15, 0.2) is 29.2 Å². The van der Waals surface area contributed by atoms with Crippen LogP contribution in [-0.2, 0) is 0 Å². The van der Waals surface area contributed by atoms with Gasteiger partial charge in [-0.2, -0.15) is 0 Å². The second kappa shape index (κ2) is 3.98. The van der Waals surface area contributed by atoms with E-state index < -0.39 is 8.80 Å². The number of benzene rings is 1. The first-order chi connectivity index (χ1) is 5.24. The zero-order valence-electron chi connectivity index (χ0n) is 7.29. The Labute approximate surface area is 74.6 Å². The lowest BCUT2D eigenvalue weighted by Gasteiger charge is -2.03. The van der Waals surface area contributed by atoms with Gasteiger partial charge in [-0.3, -0.25) is 0 Å². The molecule has 0 heterocycles. The highest BCUT2D eigenvalue weighted by Crippen LogP contribution is 2.11. The van der Waals surface area contributed by atoms with E-state index in [9.17, 15) is 0 Å². The maximum Gasteiger partial charge on any atom is 0.0647 e. The van der Waals surface area contributed by atoms with Crippen LogP contribution in [0.5, 0.6) is 0 Å². The SMILES string of the molecule is CSc1ccc([SiH](C)C)cc1. The van der Waals surface area contributed by atoms with E-state index in [1.165, 1.54) is 4.90 Å². The van der Waals surface area contributed by atoms with Gasteiger partial charge < -0.3 is 0 Å². The third-order valence-corrected chi connectivity index (χ3v) is 4.24. The molecule has 0 atom stereocenters. The summed E-state index contributed by atoms with van der Waals surface area (Å²) in [6, 6.07) is 8.96. The first-order valence-corrected chi connectivity index (χ1v) is 7.99. The van der Waals surface area contributed by atoms with Crippen LogP contribution in [0.3, 0.4) is 0 Å². The normalized spacial score (nSPS) is 10.5. The van der Waals surface area contributed by atoms with E-state index in [0.717, 1.165) is 0 Å². The van der Waals surface area contributed by atoms with E-state index >= 15 is 0 Å². The van der Waals surface area contributed by atoms with Crippen molar-refractivity contribution >= 4 is 25.7 Å². The van der Waals surface area contributed by atoms with Gasteiger partial charge in [0.1, 0.15) is 0 Å². The lowest BCUT2D eigenvalue weighted by Crippen LogP contribution is -2.21. The molecule has 0 aliphatic carbocycles. The number of rotatable bonds is 2. The van der Waals surface area contributed by atoms with Gasteiger partial charge in [0.05, 0.1) is 8.80 Å². The Morgan fingerprint density at radius 1 is 1.09 bits per heavy atom. The van der Waals surface area contributed by atoms with Crippen molar-refractivity contribution in [3.8, 4) is 0 Å². The Morgan fingerprint density at radius 3 is 2.00 bits per heavy atom. The third kappa shape index (κ3) is 2.38. The standard InChI is InChI=1S/C9H14SSi/c1-10-8-4-6-9(7-5-8)11(2)3/h4-7,11H,1-3H3. The predicted molar refractivity (Wildman–Crippen MR) is 56.7 cm³/mol. The summed E-state index contributed by atoms with van der Waals surface area (Å²) in [4.78, 5) is 1.36. The van der Waals surface area contributed by atoms with Gasteiger partial charge in [-0.25, -0.2) is 0 Å². The Balaban J connectivity index is 2.83. The molecule has 11 heavy (non-hydrogen) atoms.